The zero-order valence-electron chi connectivity index (χ0n) is 5.66. The molecule has 2 heteroatoms. The predicted octanol–water partition coefficient (Wildman–Crippen LogP) is 2.77. The Morgan fingerprint density at radius 1 is 1.50 bits per heavy atom. The van der Waals surface area contributed by atoms with E-state index < -0.39 is 0 Å². The third-order valence-electron chi connectivity index (χ3n) is 1.59. The number of nitriles is 1. The van der Waals surface area contributed by atoms with Gasteiger partial charge in [0.15, 0.2) is 0 Å². The highest BCUT2D eigenvalue weighted by molar-refractivity contribution is 7.07. The van der Waals surface area contributed by atoms with Crippen LogP contribution in [0.3, 0.4) is 0 Å². The first kappa shape index (κ1) is 7.30. The van der Waals surface area contributed by atoms with Gasteiger partial charge in [-0.2, -0.15) is 11.3 Å². The molecule has 0 atom stereocenters. The molecule has 0 amide bonds. The number of nitrogens with zero attached hydrogens (tertiary/aromatic N) is 1. The van der Waals surface area contributed by atoms with E-state index in [-0.39, 0.29) is 0 Å². The van der Waals surface area contributed by atoms with Gasteiger partial charge in [0.25, 0.3) is 0 Å². The summed E-state index contributed by atoms with van der Waals surface area (Å²) >= 11 is 1.81. The standard InChI is InChI=1S/C7H8S.CHN/c1-2-6(1)7-3-4-8-5-7;1-2/h3-6H,1-2H2;1H. The summed E-state index contributed by atoms with van der Waals surface area (Å²) in [6.07, 6.45) is 2.85. The van der Waals surface area contributed by atoms with Gasteiger partial charge in [-0.25, -0.2) is 5.26 Å². The maximum Gasteiger partial charge on any atom is 0.0462 e. The summed E-state index contributed by atoms with van der Waals surface area (Å²) in [5.74, 6) is 0.946. The SMILES string of the molecule is C#N.c1cc(C2CC2)cs1. The van der Waals surface area contributed by atoms with Crippen molar-refractivity contribution in [3.63, 3.8) is 0 Å². The third-order valence-corrected chi connectivity index (χ3v) is 2.29. The Morgan fingerprint density at radius 2 is 2.20 bits per heavy atom. The van der Waals surface area contributed by atoms with Crippen LogP contribution in [-0.4, -0.2) is 0 Å². The van der Waals surface area contributed by atoms with Crippen LogP contribution >= 0.6 is 11.3 Å². The molecule has 0 aliphatic heterocycles. The second-order valence-corrected chi connectivity index (χ2v) is 3.11. The minimum absolute atomic E-state index is 0.946. The normalized spacial score (nSPS) is 15.4. The second kappa shape index (κ2) is 3.38. The quantitative estimate of drug-likeness (QED) is 0.605. The molecule has 52 valence electrons. The molecule has 10 heavy (non-hydrogen) atoms. The van der Waals surface area contributed by atoms with Crippen molar-refractivity contribution in [2.45, 2.75) is 18.8 Å². The number of hydrogen-bond acceptors (Lipinski definition) is 2. The van der Waals surface area contributed by atoms with Crippen LogP contribution in [0.2, 0.25) is 0 Å². The van der Waals surface area contributed by atoms with Crippen molar-refractivity contribution in [3.8, 4) is 6.57 Å². The Kier molecular flexibility index (Phi) is 2.47. The lowest BCUT2D eigenvalue weighted by atomic mass is 10.2. The van der Waals surface area contributed by atoms with Crippen LogP contribution in [0.1, 0.15) is 24.3 Å². The monoisotopic (exact) mass is 151 g/mol. The van der Waals surface area contributed by atoms with Crippen molar-refractivity contribution in [2.75, 3.05) is 0 Å². The number of rotatable bonds is 1. The molecule has 1 aliphatic carbocycles. The molecule has 0 unspecified atom stereocenters. The third kappa shape index (κ3) is 1.58. The average molecular weight is 151 g/mol. The zero-order chi connectivity index (χ0) is 7.40. The van der Waals surface area contributed by atoms with Gasteiger partial charge >= 0.3 is 0 Å². The topological polar surface area (TPSA) is 23.8 Å². The summed E-state index contributed by atoms with van der Waals surface area (Å²) in [6.45, 7) is 3.50. The van der Waals surface area contributed by atoms with E-state index in [1.54, 1.807) is 5.56 Å². The van der Waals surface area contributed by atoms with Crippen LogP contribution in [0, 0.1) is 11.8 Å². The molecule has 1 aliphatic rings. The fourth-order valence-electron chi connectivity index (χ4n) is 0.924. The van der Waals surface area contributed by atoms with E-state index in [1.165, 1.54) is 12.8 Å². The molecule has 0 bridgehead atoms. The summed E-state index contributed by atoms with van der Waals surface area (Å²) < 4.78 is 0. The highest BCUT2D eigenvalue weighted by Crippen LogP contribution is 2.40. The lowest BCUT2D eigenvalue weighted by molar-refractivity contribution is 1.15. The maximum absolute atomic E-state index is 6.50. The zero-order valence-corrected chi connectivity index (χ0v) is 6.47. The molecule has 1 aromatic rings. The molecule has 1 fully saturated rings. The minimum atomic E-state index is 0.946. The summed E-state index contributed by atoms with van der Waals surface area (Å²) in [5, 5.41) is 10.9. The fourth-order valence-corrected chi connectivity index (χ4v) is 1.67. The van der Waals surface area contributed by atoms with E-state index in [2.05, 4.69) is 23.4 Å². The molecule has 1 nitrogen and oxygen atoms in total. The van der Waals surface area contributed by atoms with E-state index in [0.29, 0.717) is 0 Å². The van der Waals surface area contributed by atoms with Crippen molar-refractivity contribution in [3.05, 3.63) is 22.4 Å². The average Bonchev–Trinajstić information content (AvgIpc) is 2.72. The second-order valence-electron chi connectivity index (χ2n) is 2.33. The van der Waals surface area contributed by atoms with Gasteiger partial charge in [-0.15, -0.1) is 0 Å². The molecule has 0 N–H and O–H groups in total. The maximum atomic E-state index is 6.50. The number of hydrogen-bond donors (Lipinski definition) is 0. The van der Waals surface area contributed by atoms with E-state index in [4.69, 9.17) is 5.26 Å². The lowest BCUT2D eigenvalue weighted by Gasteiger charge is -1.82. The van der Waals surface area contributed by atoms with Gasteiger partial charge in [-0.05, 0) is 41.1 Å². The Balaban J connectivity index is 0.000000231. The van der Waals surface area contributed by atoms with Crippen LogP contribution < -0.4 is 0 Å². The van der Waals surface area contributed by atoms with Gasteiger partial charge < -0.3 is 0 Å². The van der Waals surface area contributed by atoms with Gasteiger partial charge in [-0.1, -0.05) is 0 Å². The highest BCUT2D eigenvalue weighted by Gasteiger charge is 2.22. The van der Waals surface area contributed by atoms with Crippen molar-refractivity contribution >= 4 is 11.3 Å². The van der Waals surface area contributed by atoms with E-state index in [1.807, 2.05) is 11.3 Å². The first-order valence-corrected chi connectivity index (χ1v) is 4.19. The van der Waals surface area contributed by atoms with Crippen molar-refractivity contribution < 1.29 is 0 Å². The van der Waals surface area contributed by atoms with Crippen LogP contribution in [0.4, 0.5) is 0 Å². The van der Waals surface area contributed by atoms with Gasteiger partial charge in [-0.3, -0.25) is 0 Å². The van der Waals surface area contributed by atoms with E-state index >= 15 is 0 Å². The molecule has 2 rings (SSSR count). The lowest BCUT2D eigenvalue weighted by Crippen LogP contribution is -1.65. The molecular weight excluding hydrogens is 142 g/mol. The van der Waals surface area contributed by atoms with Gasteiger partial charge in [0, 0.05) is 6.57 Å². The summed E-state index contributed by atoms with van der Waals surface area (Å²) in [5.41, 5.74) is 1.56. The predicted molar refractivity (Wildman–Crippen MR) is 43.0 cm³/mol. The Labute approximate surface area is 64.9 Å². The molecule has 0 radical (unpaired) electrons. The first-order valence-electron chi connectivity index (χ1n) is 3.25. The first-order chi connectivity index (χ1) is 4.97. The molecular formula is C8H9NS. The summed E-state index contributed by atoms with van der Waals surface area (Å²) in [4.78, 5) is 0. The molecule has 1 saturated carbocycles. The van der Waals surface area contributed by atoms with Crippen LogP contribution in [0.25, 0.3) is 0 Å². The minimum Gasteiger partial charge on any atom is -0.202 e. The Bertz CT molecular complexity index is 196. The summed E-state index contributed by atoms with van der Waals surface area (Å²) in [6, 6.07) is 2.24. The highest BCUT2D eigenvalue weighted by atomic mass is 32.1. The van der Waals surface area contributed by atoms with E-state index in [0.717, 1.165) is 5.92 Å². The van der Waals surface area contributed by atoms with Gasteiger partial charge in [0.05, 0.1) is 0 Å². The largest absolute Gasteiger partial charge is 0.202 e. The van der Waals surface area contributed by atoms with Crippen LogP contribution in [0.5, 0.6) is 0 Å². The van der Waals surface area contributed by atoms with Crippen LogP contribution in [0.15, 0.2) is 16.8 Å². The Morgan fingerprint density at radius 3 is 2.60 bits per heavy atom. The molecule has 0 spiro atoms. The van der Waals surface area contributed by atoms with Crippen molar-refractivity contribution in [1.82, 2.24) is 0 Å². The fraction of sp³-hybridized carbons (Fsp3) is 0.375. The van der Waals surface area contributed by atoms with Gasteiger partial charge in [0.2, 0.25) is 0 Å². The van der Waals surface area contributed by atoms with E-state index in [9.17, 15) is 0 Å². The van der Waals surface area contributed by atoms with Crippen molar-refractivity contribution in [2.24, 2.45) is 0 Å². The molecule has 0 aromatic carbocycles. The Hall–Kier alpha value is -0.810. The van der Waals surface area contributed by atoms with Crippen molar-refractivity contribution in [1.29, 1.82) is 5.26 Å². The smallest absolute Gasteiger partial charge is 0.0462 e. The molecule has 1 heterocycles. The number of thiophene rings is 1. The van der Waals surface area contributed by atoms with Gasteiger partial charge in [0.1, 0.15) is 0 Å². The molecule has 0 saturated heterocycles. The summed E-state index contributed by atoms with van der Waals surface area (Å²) in [7, 11) is 0. The molecule has 1 aromatic heterocycles. The van der Waals surface area contributed by atoms with Crippen LogP contribution in [-0.2, 0) is 0 Å².